The Bertz CT molecular complexity index is 672. The molecule has 2 fully saturated rings. The molecule has 1 amide bonds. The first kappa shape index (κ1) is 18.1. The maximum atomic E-state index is 11.8. The molecule has 3 heterocycles. The first-order valence-electron chi connectivity index (χ1n) is 9.31. The highest BCUT2D eigenvalue weighted by Crippen LogP contribution is 2.24. The van der Waals surface area contributed by atoms with E-state index < -0.39 is 0 Å². The quantitative estimate of drug-likeness (QED) is 0.811. The van der Waals surface area contributed by atoms with Gasteiger partial charge in [-0.25, -0.2) is 0 Å². The zero-order valence-corrected chi connectivity index (χ0v) is 15.6. The lowest BCUT2D eigenvalue weighted by molar-refractivity contribution is -0.128. The molecule has 0 spiro atoms. The van der Waals surface area contributed by atoms with E-state index in [2.05, 4.69) is 16.7 Å². The summed E-state index contributed by atoms with van der Waals surface area (Å²) in [6, 6.07) is 4.32. The summed E-state index contributed by atoms with van der Waals surface area (Å²) in [6.45, 7) is 10.7. The summed E-state index contributed by atoms with van der Waals surface area (Å²) < 4.78 is 1.61. The zero-order valence-electron chi connectivity index (χ0n) is 15.6. The molecule has 0 bridgehead atoms. The van der Waals surface area contributed by atoms with Crippen molar-refractivity contribution in [3.63, 3.8) is 0 Å². The Morgan fingerprint density at radius 2 is 2.00 bits per heavy atom. The van der Waals surface area contributed by atoms with Crippen molar-refractivity contribution < 1.29 is 4.79 Å². The average Bonchev–Trinajstić information content (AvgIpc) is 2.78. The number of carbonyl (C=O) groups excluding carboxylic acids is 1. The largest absolute Gasteiger partial charge is 0.342 e. The highest BCUT2D eigenvalue weighted by atomic mass is 16.2. The normalized spacial score (nSPS) is 26.0. The fraction of sp³-hybridized carbons (Fsp3) is 0.684. The Labute approximate surface area is 150 Å². The molecule has 0 radical (unpaired) electrons. The van der Waals surface area contributed by atoms with Crippen LogP contribution in [-0.4, -0.2) is 70.5 Å². The molecular formula is C19H30N4O2. The molecule has 2 saturated heterocycles. The summed E-state index contributed by atoms with van der Waals surface area (Å²) in [5.41, 5.74) is 1.15. The molecular weight excluding hydrogens is 316 g/mol. The van der Waals surface area contributed by atoms with Crippen molar-refractivity contribution in [2.45, 2.75) is 32.9 Å². The Morgan fingerprint density at radius 3 is 2.72 bits per heavy atom. The van der Waals surface area contributed by atoms with E-state index in [9.17, 15) is 9.59 Å². The average molecular weight is 346 g/mol. The predicted molar refractivity (Wildman–Crippen MR) is 98.4 cm³/mol. The molecule has 2 aliphatic heterocycles. The number of aryl methyl sites for hydroxylation is 1. The minimum Gasteiger partial charge on any atom is -0.342 e. The third kappa shape index (κ3) is 4.30. The van der Waals surface area contributed by atoms with Gasteiger partial charge in [0.15, 0.2) is 0 Å². The van der Waals surface area contributed by atoms with E-state index in [4.69, 9.17) is 0 Å². The molecule has 2 atom stereocenters. The molecule has 25 heavy (non-hydrogen) atoms. The first-order valence-corrected chi connectivity index (χ1v) is 9.31. The molecule has 138 valence electrons. The summed E-state index contributed by atoms with van der Waals surface area (Å²) >= 11 is 0. The molecule has 0 aliphatic carbocycles. The van der Waals surface area contributed by atoms with Crippen LogP contribution in [-0.2, 0) is 18.4 Å². The smallest absolute Gasteiger partial charge is 0.250 e. The lowest BCUT2D eigenvalue weighted by Crippen LogP contribution is -2.42. The molecule has 0 aromatic carbocycles. The fourth-order valence-electron chi connectivity index (χ4n) is 4.18. The zero-order chi connectivity index (χ0) is 18.0. The number of carbonyl (C=O) groups is 1. The summed E-state index contributed by atoms with van der Waals surface area (Å²) in [6.07, 6.45) is 2.90. The van der Waals surface area contributed by atoms with Crippen molar-refractivity contribution >= 4 is 5.91 Å². The van der Waals surface area contributed by atoms with Crippen molar-refractivity contribution in [3.05, 3.63) is 34.2 Å². The van der Waals surface area contributed by atoms with E-state index in [0.29, 0.717) is 12.0 Å². The van der Waals surface area contributed by atoms with Crippen LogP contribution in [0.25, 0.3) is 0 Å². The number of pyridine rings is 1. The maximum Gasteiger partial charge on any atom is 0.250 e. The van der Waals surface area contributed by atoms with E-state index in [-0.39, 0.29) is 11.5 Å². The van der Waals surface area contributed by atoms with Crippen LogP contribution >= 0.6 is 0 Å². The summed E-state index contributed by atoms with van der Waals surface area (Å²) in [5.74, 6) is 0.795. The lowest BCUT2D eigenvalue weighted by atomic mass is 10.0. The number of aromatic nitrogens is 1. The van der Waals surface area contributed by atoms with Crippen molar-refractivity contribution in [2.75, 3.05) is 39.3 Å². The molecule has 2 aliphatic rings. The van der Waals surface area contributed by atoms with Crippen molar-refractivity contribution in [1.82, 2.24) is 19.3 Å². The second kappa shape index (κ2) is 7.70. The summed E-state index contributed by atoms with van der Waals surface area (Å²) in [7, 11) is 1.78. The first-order chi connectivity index (χ1) is 11.9. The van der Waals surface area contributed by atoms with Crippen LogP contribution in [0.3, 0.4) is 0 Å². The van der Waals surface area contributed by atoms with Gasteiger partial charge in [-0.1, -0.05) is 6.92 Å². The van der Waals surface area contributed by atoms with Crippen LogP contribution in [0.5, 0.6) is 0 Å². The summed E-state index contributed by atoms with van der Waals surface area (Å²) in [5, 5.41) is 0. The third-order valence-corrected chi connectivity index (χ3v) is 5.67. The Morgan fingerprint density at radius 1 is 1.20 bits per heavy atom. The van der Waals surface area contributed by atoms with Crippen molar-refractivity contribution in [1.29, 1.82) is 0 Å². The van der Waals surface area contributed by atoms with E-state index in [1.165, 1.54) is 0 Å². The van der Waals surface area contributed by atoms with Gasteiger partial charge in [0.1, 0.15) is 0 Å². The second-order valence-corrected chi connectivity index (χ2v) is 7.62. The number of rotatable bonds is 3. The maximum absolute atomic E-state index is 11.8. The molecule has 3 rings (SSSR count). The fourth-order valence-corrected chi connectivity index (χ4v) is 4.18. The van der Waals surface area contributed by atoms with Gasteiger partial charge in [-0.3, -0.25) is 19.4 Å². The predicted octanol–water partition coefficient (Wildman–Crippen LogP) is 0.760. The van der Waals surface area contributed by atoms with Gasteiger partial charge in [-0.2, -0.15) is 0 Å². The minimum absolute atomic E-state index is 0.0538. The molecule has 1 aromatic rings. The number of amides is 1. The molecule has 6 nitrogen and oxygen atoms in total. The van der Waals surface area contributed by atoms with Crippen molar-refractivity contribution in [2.24, 2.45) is 13.0 Å². The van der Waals surface area contributed by atoms with E-state index in [1.54, 1.807) is 24.6 Å². The summed E-state index contributed by atoms with van der Waals surface area (Å²) in [4.78, 5) is 30.4. The van der Waals surface area contributed by atoms with Crippen molar-refractivity contribution in [3.8, 4) is 0 Å². The Kier molecular flexibility index (Phi) is 5.59. The number of nitrogens with zero attached hydrogens (tertiary/aromatic N) is 4. The van der Waals surface area contributed by atoms with E-state index in [0.717, 1.165) is 57.8 Å². The van der Waals surface area contributed by atoms with Gasteiger partial charge in [0.2, 0.25) is 5.91 Å². The van der Waals surface area contributed by atoms with Crippen LogP contribution in [0.4, 0.5) is 0 Å². The molecule has 2 unspecified atom stereocenters. The van der Waals surface area contributed by atoms with E-state index in [1.807, 2.05) is 17.2 Å². The standard InChI is InChI=1S/C19H30N4O2/c1-15-12-21(13-17-5-8-20(3)19(25)11-17)14-18(15)23-7-4-6-22(9-10-23)16(2)24/h5,8,11,15,18H,4,6-7,9-10,12-14H2,1-3H3. The number of hydrogen-bond acceptors (Lipinski definition) is 4. The molecule has 1 aromatic heterocycles. The minimum atomic E-state index is 0.0538. The van der Waals surface area contributed by atoms with E-state index >= 15 is 0 Å². The monoisotopic (exact) mass is 346 g/mol. The lowest BCUT2D eigenvalue weighted by Gasteiger charge is -2.30. The number of hydrogen-bond donors (Lipinski definition) is 0. The second-order valence-electron chi connectivity index (χ2n) is 7.62. The molecule has 0 saturated carbocycles. The van der Waals surface area contributed by atoms with Gasteiger partial charge in [0, 0.05) is 78.1 Å². The highest BCUT2D eigenvalue weighted by molar-refractivity contribution is 5.73. The topological polar surface area (TPSA) is 48.8 Å². The van der Waals surface area contributed by atoms with Crippen LogP contribution in [0.1, 0.15) is 25.8 Å². The molecule has 0 N–H and O–H groups in total. The van der Waals surface area contributed by atoms with Crippen LogP contribution in [0.2, 0.25) is 0 Å². The van der Waals surface area contributed by atoms with Gasteiger partial charge >= 0.3 is 0 Å². The SMILES string of the molecule is CC(=O)N1CCCN(C2CN(Cc3ccn(C)c(=O)c3)CC2C)CC1. The van der Waals surface area contributed by atoms with Crippen LogP contribution < -0.4 is 5.56 Å². The van der Waals surface area contributed by atoms with Gasteiger partial charge in [-0.05, 0) is 24.0 Å². The molecule has 6 heteroatoms. The highest BCUT2D eigenvalue weighted by Gasteiger charge is 2.34. The van der Waals surface area contributed by atoms with Crippen LogP contribution in [0.15, 0.2) is 23.1 Å². The Hall–Kier alpha value is -1.66. The van der Waals surface area contributed by atoms with Gasteiger partial charge < -0.3 is 9.47 Å². The Balaban J connectivity index is 1.60. The number of likely N-dealkylation sites (tertiary alicyclic amines) is 1. The van der Waals surface area contributed by atoms with Gasteiger partial charge in [0.25, 0.3) is 5.56 Å². The van der Waals surface area contributed by atoms with Gasteiger partial charge in [-0.15, -0.1) is 0 Å². The van der Waals surface area contributed by atoms with Gasteiger partial charge in [0.05, 0.1) is 0 Å². The van der Waals surface area contributed by atoms with Crippen LogP contribution in [0, 0.1) is 5.92 Å². The third-order valence-electron chi connectivity index (χ3n) is 5.67.